The van der Waals surface area contributed by atoms with E-state index in [0.717, 1.165) is 43.1 Å². The number of amides is 1. The van der Waals surface area contributed by atoms with E-state index in [1.54, 1.807) is 0 Å². The molecule has 2 fully saturated rings. The van der Waals surface area contributed by atoms with Crippen molar-refractivity contribution in [2.45, 2.75) is 44.2 Å². The molecule has 1 amide bonds. The first-order chi connectivity index (χ1) is 9.65. The molecular formula is C16H21BrN2O. The number of likely N-dealkylation sites (tertiary alicyclic amines) is 1. The predicted molar refractivity (Wildman–Crippen MR) is 83.1 cm³/mol. The molecule has 3 nitrogen and oxygen atoms in total. The number of carbonyl (C=O) groups excluding carboxylic acids is 1. The molecule has 20 heavy (non-hydrogen) atoms. The standard InChI is InChI=1S/C16H21BrN2O/c17-13-4-1-3-11(9-13)15-5-2-8-19(15)16(20)12-6-7-14(18)10-12/h1,3-4,9,12,14-15H,2,5-8,10,18H2. The number of rotatable bonds is 2. The van der Waals surface area contributed by atoms with Gasteiger partial charge < -0.3 is 10.6 Å². The minimum Gasteiger partial charge on any atom is -0.335 e. The first-order valence-corrected chi connectivity index (χ1v) is 8.26. The summed E-state index contributed by atoms with van der Waals surface area (Å²) in [4.78, 5) is 14.8. The van der Waals surface area contributed by atoms with E-state index in [9.17, 15) is 4.79 Å². The molecule has 1 heterocycles. The maximum Gasteiger partial charge on any atom is 0.226 e. The van der Waals surface area contributed by atoms with Crippen molar-refractivity contribution in [1.82, 2.24) is 4.90 Å². The third-order valence-electron chi connectivity index (χ3n) is 4.59. The summed E-state index contributed by atoms with van der Waals surface area (Å²) in [7, 11) is 0. The molecule has 1 saturated carbocycles. The molecule has 0 aromatic heterocycles. The quantitative estimate of drug-likeness (QED) is 0.901. The van der Waals surface area contributed by atoms with Gasteiger partial charge in [0.25, 0.3) is 0 Å². The van der Waals surface area contributed by atoms with Gasteiger partial charge in [0.15, 0.2) is 0 Å². The van der Waals surface area contributed by atoms with Crippen LogP contribution in [-0.4, -0.2) is 23.4 Å². The van der Waals surface area contributed by atoms with Gasteiger partial charge in [-0.3, -0.25) is 4.79 Å². The molecule has 0 bridgehead atoms. The summed E-state index contributed by atoms with van der Waals surface area (Å²) < 4.78 is 1.08. The first kappa shape index (κ1) is 14.1. The van der Waals surface area contributed by atoms with Gasteiger partial charge in [0, 0.05) is 23.0 Å². The van der Waals surface area contributed by atoms with E-state index in [1.165, 1.54) is 5.56 Å². The largest absolute Gasteiger partial charge is 0.335 e. The molecule has 108 valence electrons. The highest BCUT2D eigenvalue weighted by molar-refractivity contribution is 9.10. The van der Waals surface area contributed by atoms with Gasteiger partial charge in [-0.1, -0.05) is 28.1 Å². The van der Waals surface area contributed by atoms with Gasteiger partial charge in [-0.15, -0.1) is 0 Å². The molecule has 0 radical (unpaired) electrons. The Kier molecular flexibility index (Phi) is 4.13. The topological polar surface area (TPSA) is 46.3 Å². The summed E-state index contributed by atoms with van der Waals surface area (Å²) in [6, 6.07) is 8.80. The number of hydrogen-bond acceptors (Lipinski definition) is 2. The van der Waals surface area contributed by atoms with E-state index in [1.807, 2.05) is 12.1 Å². The number of carbonyl (C=O) groups is 1. The summed E-state index contributed by atoms with van der Waals surface area (Å²) in [5, 5.41) is 0. The molecule has 1 saturated heterocycles. The van der Waals surface area contributed by atoms with Crippen molar-refractivity contribution in [3.05, 3.63) is 34.3 Å². The van der Waals surface area contributed by atoms with Crippen LogP contribution >= 0.6 is 15.9 Å². The van der Waals surface area contributed by atoms with Gasteiger partial charge in [-0.2, -0.15) is 0 Å². The molecule has 0 spiro atoms. The van der Waals surface area contributed by atoms with Gasteiger partial charge in [-0.25, -0.2) is 0 Å². The van der Waals surface area contributed by atoms with Crippen molar-refractivity contribution < 1.29 is 4.79 Å². The van der Waals surface area contributed by atoms with E-state index in [0.29, 0.717) is 5.91 Å². The van der Waals surface area contributed by atoms with Crippen LogP contribution in [0.3, 0.4) is 0 Å². The fraction of sp³-hybridized carbons (Fsp3) is 0.562. The van der Waals surface area contributed by atoms with Crippen molar-refractivity contribution in [1.29, 1.82) is 0 Å². The Bertz CT molecular complexity index is 505. The molecule has 3 rings (SSSR count). The lowest BCUT2D eigenvalue weighted by molar-refractivity contribution is -0.136. The summed E-state index contributed by atoms with van der Waals surface area (Å²) in [5.41, 5.74) is 7.19. The summed E-state index contributed by atoms with van der Waals surface area (Å²) in [6.07, 6.45) is 4.98. The number of benzene rings is 1. The first-order valence-electron chi connectivity index (χ1n) is 7.46. The lowest BCUT2D eigenvalue weighted by atomic mass is 10.0. The van der Waals surface area contributed by atoms with Crippen LogP contribution in [0.1, 0.15) is 43.7 Å². The van der Waals surface area contributed by atoms with Gasteiger partial charge in [-0.05, 0) is 49.8 Å². The van der Waals surface area contributed by atoms with Gasteiger partial charge in [0.2, 0.25) is 5.91 Å². The maximum atomic E-state index is 12.7. The van der Waals surface area contributed by atoms with E-state index in [-0.39, 0.29) is 18.0 Å². The summed E-state index contributed by atoms with van der Waals surface area (Å²) in [5.74, 6) is 0.471. The molecule has 2 aliphatic rings. The molecule has 3 unspecified atom stereocenters. The van der Waals surface area contributed by atoms with E-state index < -0.39 is 0 Å². The zero-order chi connectivity index (χ0) is 14.1. The third-order valence-corrected chi connectivity index (χ3v) is 5.09. The van der Waals surface area contributed by atoms with Crippen LogP contribution in [0.15, 0.2) is 28.7 Å². The molecular weight excluding hydrogens is 316 g/mol. The molecule has 4 heteroatoms. The Morgan fingerprint density at radius 1 is 1.30 bits per heavy atom. The average molecular weight is 337 g/mol. The van der Waals surface area contributed by atoms with E-state index >= 15 is 0 Å². The van der Waals surface area contributed by atoms with Crippen LogP contribution in [0.4, 0.5) is 0 Å². The Balaban J connectivity index is 1.77. The summed E-state index contributed by atoms with van der Waals surface area (Å²) in [6.45, 7) is 0.891. The zero-order valence-electron chi connectivity index (χ0n) is 11.6. The Morgan fingerprint density at radius 3 is 2.85 bits per heavy atom. The minimum absolute atomic E-state index is 0.151. The number of halogens is 1. The maximum absolute atomic E-state index is 12.7. The van der Waals surface area contributed by atoms with Gasteiger partial charge in [0.1, 0.15) is 0 Å². The Morgan fingerprint density at radius 2 is 2.15 bits per heavy atom. The fourth-order valence-corrected chi connectivity index (χ4v) is 3.98. The van der Waals surface area contributed by atoms with Crippen molar-refractivity contribution in [3.63, 3.8) is 0 Å². The highest BCUT2D eigenvalue weighted by atomic mass is 79.9. The summed E-state index contributed by atoms with van der Waals surface area (Å²) >= 11 is 3.52. The smallest absolute Gasteiger partial charge is 0.226 e. The Labute approximate surface area is 128 Å². The second kappa shape index (κ2) is 5.86. The zero-order valence-corrected chi connectivity index (χ0v) is 13.2. The van der Waals surface area contributed by atoms with Crippen LogP contribution in [-0.2, 0) is 4.79 Å². The SMILES string of the molecule is NC1CCC(C(=O)N2CCCC2c2cccc(Br)c2)C1. The number of nitrogens with zero attached hydrogens (tertiary/aromatic N) is 1. The lowest BCUT2D eigenvalue weighted by Crippen LogP contribution is -2.35. The number of nitrogens with two attached hydrogens (primary N) is 1. The molecule has 1 aliphatic heterocycles. The molecule has 1 aromatic rings. The van der Waals surface area contributed by atoms with E-state index in [4.69, 9.17) is 5.73 Å². The highest BCUT2D eigenvalue weighted by Crippen LogP contribution is 2.36. The monoisotopic (exact) mass is 336 g/mol. The van der Waals surface area contributed by atoms with Gasteiger partial charge in [0.05, 0.1) is 6.04 Å². The Hall–Kier alpha value is -0.870. The van der Waals surface area contributed by atoms with Crippen LogP contribution in [0.25, 0.3) is 0 Å². The van der Waals surface area contributed by atoms with Crippen LogP contribution < -0.4 is 5.73 Å². The average Bonchev–Trinajstić information content (AvgIpc) is 3.06. The van der Waals surface area contributed by atoms with Crippen molar-refractivity contribution in [3.8, 4) is 0 Å². The normalized spacial score (nSPS) is 29.9. The van der Waals surface area contributed by atoms with Crippen LogP contribution in [0, 0.1) is 5.92 Å². The van der Waals surface area contributed by atoms with E-state index in [2.05, 4.69) is 33.0 Å². The number of hydrogen-bond donors (Lipinski definition) is 1. The minimum atomic E-state index is 0.151. The molecule has 1 aliphatic carbocycles. The van der Waals surface area contributed by atoms with Crippen LogP contribution in [0.2, 0.25) is 0 Å². The predicted octanol–water partition coefficient (Wildman–Crippen LogP) is 3.24. The van der Waals surface area contributed by atoms with Crippen molar-refractivity contribution >= 4 is 21.8 Å². The second-order valence-corrected chi connectivity index (χ2v) is 6.93. The fourth-order valence-electron chi connectivity index (χ4n) is 3.57. The van der Waals surface area contributed by atoms with Gasteiger partial charge >= 0.3 is 0 Å². The highest BCUT2D eigenvalue weighted by Gasteiger charge is 2.36. The molecule has 2 N–H and O–H groups in total. The molecule has 1 aromatic carbocycles. The van der Waals surface area contributed by atoms with Crippen molar-refractivity contribution in [2.24, 2.45) is 11.7 Å². The van der Waals surface area contributed by atoms with Crippen LogP contribution in [0.5, 0.6) is 0 Å². The molecule has 3 atom stereocenters. The second-order valence-electron chi connectivity index (χ2n) is 6.01. The third kappa shape index (κ3) is 2.77. The van der Waals surface area contributed by atoms with Crippen molar-refractivity contribution in [2.75, 3.05) is 6.54 Å². The lowest BCUT2D eigenvalue weighted by Gasteiger charge is -2.28.